The molecule has 0 saturated heterocycles. The van der Waals surface area contributed by atoms with Crippen LogP contribution in [0.3, 0.4) is 0 Å². The van der Waals surface area contributed by atoms with Crippen molar-refractivity contribution in [3.8, 4) is 11.1 Å². The second kappa shape index (κ2) is 11.2. The summed E-state index contributed by atoms with van der Waals surface area (Å²) < 4.78 is 112. The highest BCUT2D eigenvalue weighted by Gasteiger charge is 2.67. The monoisotopic (exact) mass is 649 g/mol. The highest BCUT2D eigenvalue weighted by Crippen LogP contribution is 2.68. The highest BCUT2D eigenvalue weighted by atomic mass is 32.2. The number of carbonyl (C=O) groups excluding carboxylic acids is 1. The van der Waals surface area contributed by atoms with Crippen LogP contribution < -0.4 is 10.0 Å². The van der Waals surface area contributed by atoms with Crippen LogP contribution in [0.4, 0.5) is 32.0 Å². The standard InChI is InChI=1S/C30H25F6N5O3S/c1-45(43,44)40-19-6-4-16(5-7-19)20-3-2-8-37-26(20)23(11-15-9-17(31)12-18(32)10-15)38-24(42)14-41-28-25(27(39-41)29(33)34)21-13-22(21)30(28,35)36/h2-10,12,21-23,29,40H,11,13-14H2,1H3,(H,38,42)/t21?,22?,23-/m0/s1. The Hall–Kier alpha value is -4.40. The first-order chi connectivity index (χ1) is 21.2. The van der Waals surface area contributed by atoms with Crippen LogP contribution >= 0.6 is 0 Å². The summed E-state index contributed by atoms with van der Waals surface area (Å²) >= 11 is 0. The number of pyridine rings is 1. The summed E-state index contributed by atoms with van der Waals surface area (Å²) in [5.41, 5.74) is 0.0220. The van der Waals surface area contributed by atoms with Crippen molar-refractivity contribution in [1.82, 2.24) is 20.1 Å². The highest BCUT2D eigenvalue weighted by molar-refractivity contribution is 7.92. The maximum Gasteiger partial charge on any atom is 0.293 e. The number of sulfonamides is 1. The lowest BCUT2D eigenvalue weighted by Gasteiger charge is -2.22. The first kappa shape index (κ1) is 30.6. The fourth-order valence-corrected chi connectivity index (χ4v) is 6.57. The topological polar surface area (TPSA) is 106 Å². The van der Waals surface area contributed by atoms with Gasteiger partial charge in [-0.1, -0.05) is 18.2 Å². The summed E-state index contributed by atoms with van der Waals surface area (Å²) in [4.78, 5) is 17.8. The molecule has 0 radical (unpaired) electrons. The van der Waals surface area contributed by atoms with Crippen LogP contribution in [0.1, 0.15) is 53.0 Å². The third-order valence-corrected chi connectivity index (χ3v) is 8.43. The van der Waals surface area contributed by atoms with Gasteiger partial charge in [0.05, 0.1) is 18.0 Å². The molecule has 2 aromatic heterocycles. The number of nitrogens with one attached hydrogen (secondary N) is 2. The summed E-state index contributed by atoms with van der Waals surface area (Å²) in [7, 11) is -3.54. The van der Waals surface area contributed by atoms with Crippen LogP contribution in [0.2, 0.25) is 0 Å². The number of amides is 1. The summed E-state index contributed by atoms with van der Waals surface area (Å²) in [6, 6.07) is 11.2. The fourth-order valence-electron chi connectivity index (χ4n) is 6.01. The molecule has 2 unspecified atom stereocenters. The number of rotatable bonds is 10. The van der Waals surface area contributed by atoms with Crippen molar-refractivity contribution in [2.24, 2.45) is 5.92 Å². The van der Waals surface area contributed by atoms with E-state index in [9.17, 15) is 30.8 Å². The summed E-state index contributed by atoms with van der Waals surface area (Å²) in [6.45, 7) is -0.813. The van der Waals surface area contributed by atoms with E-state index in [1.54, 1.807) is 24.3 Å². The molecule has 2 aliphatic carbocycles. The second-order valence-electron chi connectivity index (χ2n) is 11.2. The van der Waals surface area contributed by atoms with Crippen molar-refractivity contribution in [3.05, 3.63) is 101 Å². The predicted molar refractivity (Wildman–Crippen MR) is 151 cm³/mol. The molecule has 15 heteroatoms. The maximum absolute atomic E-state index is 15.1. The van der Waals surface area contributed by atoms with Gasteiger partial charge in [0.15, 0.2) is 0 Å². The predicted octanol–water partition coefficient (Wildman–Crippen LogP) is 5.84. The van der Waals surface area contributed by atoms with Gasteiger partial charge in [0.2, 0.25) is 15.9 Å². The molecular formula is C30H25F6N5O3S. The number of nitrogens with zero attached hydrogens (tertiary/aromatic N) is 3. The molecule has 6 rings (SSSR count). The van der Waals surface area contributed by atoms with E-state index in [1.165, 1.54) is 18.3 Å². The van der Waals surface area contributed by atoms with E-state index < -0.39 is 75.7 Å². The third-order valence-electron chi connectivity index (χ3n) is 7.83. The van der Waals surface area contributed by atoms with E-state index in [-0.39, 0.29) is 35.3 Å². The van der Waals surface area contributed by atoms with Crippen LogP contribution in [0.25, 0.3) is 11.1 Å². The SMILES string of the molecule is CS(=O)(=O)Nc1ccc(-c2cccnc2[C@H](Cc2cc(F)cc(F)c2)NC(=O)Cn2nc(C(F)F)c3c2C(F)(F)C2CC32)cc1. The summed E-state index contributed by atoms with van der Waals surface area (Å²) in [5.74, 6) is -7.87. The molecule has 2 heterocycles. The van der Waals surface area contributed by atoms with Crippen LogP contribution in [-0.4, -0.2) is 35.3 Å². The minimum atomic E-state index is -3.54. The fraction of sp³-hybridized carbons (Fsp3) is 0.300. The average Bonchev–Trinajstić information content (AvgIpc) is 3.60. The molecule has 45 heavy (non-hydrogen) atoms. The molecule has 2 N–H and O–H groups in total. The van der Waals surface area contributed by atoms with Gasteiger partial charge in [0, 0.05) is 35.0 Å². The van der Waals surface area contributed by atoms with Crippen LogP contribution in [-0.2, 0) is 33.7 Å². The number of alkyl halides is 4. The van der Waals surface area contributed by atoms with Gasteiger partial charge in [0.25, 0.3) is 12.3 Å². The van der Waals surface area contributed by atoms with Gasteiger partial charge in [-0.3, -0.25) is 19.2 Å². The van der Waals surface area contributed by atoms with E-state index >= 15 is 8.78 Å². The Morgan fingerprint density at radius 3 is 2.40 bits per heavy atom. The zero-order valence-corrected chi connectivity index (χ0v) is 24.3. The lowest BCUT2D eigenvalue weighted by atomic mass is 9.95. The largest absolute Gasteiger partial charge is 0.346 e. The summed E-state index contributed by atoms with van der Waals surface area (Å²) in [6.07, 6.45) is -0.802. The first-order valence-corrected chi connectivity index (χ1v) is 15.6. The first-order valence-electron chi connectivity index (χ1n) is 13.8. The number of hydrogen-bond donors (Lipinski definition) is 2. The molecule has 0 bridgehead atoms. The van der Waals surface area contributed by atoms with Gasteiger partial charge < -0.3 is 5.32 Å². The smallest absolute Gasteiger partial charge is 0.293 e. The Balaban J connectivity index is 1.34. The van der Waals surface area contributed by atoms with Crippen molar-refractivity contribution in [2.45, 2.75) is 43.7 Å². The van der Waals surface area contributed by atoms with Crippen molar-refractivity contribution in [1.29, 1.82) is 0 Å². The molecule has 1 fully saturated rings. The Labute approximate surface area is 253 Å². The molecule has 1 amide bonds. The van der Waals surface area contributed by atoms with Gasteiger partial charge in [0.1, 0.15) is 29.6 Å². The Kier molecular flexibility index (Phi) is 7.62. The minimum absolute atomic E-state index is 0.0671. The third kappa shape index (κ3) is 6.13. The normalized spacial score (nSPS) is 18.8. The number of fused-ring (bicyclic) bond motifs is 3. The molecule has 0 spiro atoms. The molecule has 1 saturated carbocycles. The Bertz CT molecular complexity index is 1880. The maximum atomic E-state index is 15.1. The average molecular weight is 650 g/mol. The minimum Gasteiger partial charge on any atom is -0.346 e. The Morgan fingerprint density at radius 2 is 1.76 bits per heavy atom. The molecule has 0 aliphatic heterocycles. The number of carbonyl (C=O) groups is 1. The number of hydrogen-bond acceptors (Lipinski definition) is 5. The van der Waals surface area contributed by atoms with Gasteiger partial charge in [-0.05, 0) is 60.2 Å². The molecule has 3 atom stereocenters. The quantitative estimate of drug-likeness (QED) is 0.210. The van der Waals surface area contributed by atoms with Crippen LogP contribution in [0, 0.1) is 17.6 Å². The van der Waals surface area contributed by atoms with Crippen molar-refractivity contribution in [3.63, 3.8) is 0 Å². The zero-order valence-electron chi connectivity index (χ0n) is 23.4. The molecule has 2 aromatic carbocycles. The zero-order chi connectivity index (χ0) is 32.3. The molecular weight excluding hydrogens is 624 g/mol. The van der Waals surface area contributed by atoms with Gasteiger partial charge >= 0.3 is 0 Å². The second-order valence-corrected chi connectivity index (χ2v) is 12.9. The van der Waals surface area contributed by atoms with Crippen molar-refractivity contribution >= 4 is 21.6 Å². The molecule has 4 aromatic rings. The van der Waals surface area contributed by atoms with E-state index in [0.29, 0.717) is 21.9 Å². The molecule has 2 aliphatic rings. The van der Waals surface area contributed by atoms with Crippen LogP contribution in [0.5, 0.6) is 0 Å². The van der Waals surface area contributed by atoms with Crippen LogP contribution in [0.15, 0.2) is 60.8 Å². The van der Waals surface area contributed by atoms with Gasteiger partial charge in [-0.25, -0.2) is 26.0 Å². The van der Waals surface area contributed by atoms with Gasteiger partial charge in [-0.2, -0.15) is 13.9 Å². The number of aromatic nitrogens is 3. The number of halogens is 6. The van der Waals surface area contributed by atoms with Crippen molar-refractivity contribution < 1.29 is 39.6 Å². The molecule has 8 nitrogen and oxygen atoms in total. The van der Waals surface area contributed by atoms with E-state index in [2.05, 4.69) is 20.1 Å². The Morgan fingerprint density at radius 1 is 1.07 bits per heavy atom. The summed E-state index contributed by atoms with van der Waals surface area (Å²) in [5, 5.41) is 6.36. The number of benzene rings is 2. The lowest BCUT2D eigenvalue weighted by Crippen LogP contribution is -2.35. The van der Waals surface area contributed by atoms with E-state index in [1.807, 2.05) is 0 Å². The molecule has 236 valence electrons. The number of anilines is 1. The van der Waals surface area contributed by atoms with E-state index in [4.69, 9.17) is 0 Å². The van der Waals surface area contributed by atoms with E-state index in [0.717, 1.165) is 18.4 Å². The lowest BCUT2D eigenvalue weighted by molar-refractivity contribution is -0.123. The van der Waals surface area contributed by atoms with Gasteiger partial charge in [-0.15, -0.1) is 0 Å². The van der Waals surface area contributed by atoms with Crippen molar-refractivity contribution in [2.75, 3.05) is 11.0 Å².